The van der Waals surface area contributed by atoms with Gasteiger partial charge in [-0.15, -0.1) is 11.3 Å². The number of nitro benzene ring substituents is 1. The van der Waals surface area contributed by atoms with Gasteiger partial charge in [0, 0.05) is 35.8 Å². The summed E-state index contributed by atoms with van der Waals surface area (Å²) in [6.45, 7) is 4.05. The molecule has 0 spiro atoms. The van der Waals surface area contributed by atoms with Crippen LogP contribution in [-0.4, -0.2) is 31.5 Å². The first-order valence-corrected chi connectivity index (χ1v) is 13.2. The molecule has 0 saturated heterocycles. The highest BCUT2D eigenvalue weighted by atomic mass is 32.1. The fraction of sp³-hybridized carbons (Fsp3) is 0.185. The molecule has 216 valence electrons. The van der Waals surface area contributed by atoms with Gasteiger partial charge in [0.25, 0.3) is 23.9 Å². The lowest BCUT2D eigenvalue weighted by atomic mass is 10.0. The quantitative estimate of drug-likeness (QED) is 0.149. The Morgan fingerprint density at radius 3 is 2.57 bits per heavy atom. The Hall–Kier alpha value is -5.18. The smallest absolute Gasteiger partial charge is 0.291 e. The number of rotatable bonds is 10. The van der Waals surface area contributed by atoms with Crippen LogP contribution < -0.4 is 15.8 Å². The molecule has 0 aliphatic carbocycles. The molecule has 1 aromatic carbocycles. The van der Waals surface area contributed by atoms with Crippen molar-refractivity contribution in [3.8, 4) is 16.9 Å². The van der Waals surface area contributed by atoms with Crippen molar-refractivity contribution >= 4 is 44.7 Å². The molecule has 0 saturated carbocycles. The molecule has 15 heteroatoms. The zero-order chi connectivity index (χ0) is 30.1. The highest BCUT2D eigenvalue weighted by Gasteiger charge is 2.27. The van der Waals surface area contributed by atoms with Crippen molar-refractivity contribution in [2.75, 3.05) is 5.32 Å². The number of carbonyl (C=O) groups is 2. The number of hydrogen-bond donors (Lipinski definition) is 2. The Morgan fingerprint density at radius 1 is 1.21 bits per heavy atom. The van der Waals surface area contributed by atoms with Crippen LogP contribution >= 0.6 is 11.3 Å². The van der Waals surface area contributed by atoms with E-state index in [9.17, 15) is 28.5 Å². The molecule has 0 fully saturated rings. The summed E-state index contributed by atoms with van der Waals surface area (Å²) >= 11 is 0.788. The number of aryl methyl sites for hydroxylation is 2. The third-order valence-corrected chi connectivity index (χ3v) is 7.34. The number of alkyl halides is 2. The van der Waals surface area contributed by atoms with E-state index in [0.717, 1.165) is 11.3 Å². The number of anilines is 1. The molecule has 0 bridgehead atoms. The number of halogens is 2. The predicted molar refractivity (Wildman–Crippen MR) is 149 cm³/mol. The third kappa shape index (κ3) is 5.54. The molecule has 4 heterocycles. The van der Waals surface area contributed by atoms with E-state index in [2.05, 4.69) is 15.4 Å². The van der Waals surface area contributed by atoms with E-state index in [4.69, 9.17) is 14.9 Å². The number of nitrogens with two attached hydrogens (primary N) is 1. The van der Waals surface area contributed by atoms with Crippen molar-refractivity contribution in [3.05, 3.63) is 86.6 Å². The minimum Gasteiger partial charge on any atom is -0.486 e. The summed E-state index contributed by atoms with van der Waals surface area (Å²) in [7, 11) is 0. The molecule has 5 aromatic rings. The van der Waals surface area contributed by atoms with Crippen LogP contribution in [0.15, 0.2) is 53.1 Å². The zero-order valence-corrected chi connectivity index (χ0v) is 22.9. The van der Waals surface area contributed by atoms with Crippen molar-refractivity contribution in [1.82, 2.24) is 14.8 Å². The first kappa shape index (κ1) is 28.4. The molecular weight excluding hydrogens is 574 g/mol. The Balaban J connectivity index is 1.47. The second-order valence-corrected chi connectivity index (χ2v) is 9.99. The second kappa shape index (κ2) is 11.4. The number of non-ortho nitro benzene ring substituents is 1. The summed E-state index contributed by atoms with van der Waals surface area (Å²) in [5.74, 6) is -1.11. The van der Waals surface area contributed by atoms with Crippen LogP contribution in [0.1, 0.15) is 50.7 Å². The number of thiophene rings is 1. The number of nitrogens with zero attached hydrogens (tertiary/aromatic N) is 4. The van der Waals surface area contributed by atoms with Gasteiger partial charge >= 0.3 is 0 Å². The minimum atomic E-state index is -2.89. The molecule has 0 aliphatic rings. The first-order chi connectivity index (χ1) is 20.0. The van der Waals surface area contributed by atoms with E-state index in [0.29, 0.717) is 29.1 Å². The molecule has 0 aliphatic heterocycles. The SMILES string of the molecule is CCn1cc(-c2cc(C(F)F)nc3sc(C(N)=O)c(NC(=O)c4ccc(COc5ccc([N+](=O)[O-])cc5)o4)c23)c(C)n1. The summed E-state index contributed by atoms with van der Waals surface area (Å²) < 4.78 is 40.4. The number of hydrogen-bond acceptors (Lipinski definition) is 9. The van der Waals surface area contributed by atoms with Crippen LogP contribution in [-0.2, 0) is 13.2 Å². The number of primary amides is 1. The molecular formula is C27H22F2N6O6S. The molecule has 0 atom stereocenters. The van der Waals surface area contributed by atoms with Gasteiger partial charge in [-0.25, -0.2) is 13.8 Å². The number of aromatic nitrogens is 3. The number of fused-ring (bicyclic) bond motifs is 1. The van der Waals surface area contributed by atoms with E-state index in [1.807, 2.05) is 6.92 Å². The fourth-order valence-corrected chi connectivity index (χ4v) is 5.26. The van der Waals surface area contributed by atoms with E-state index in [-0.39, 0.29) is 44.6 Å². The molecule has 4 aromatic heterocycles. The van der Waals surface area contributed by atoms with Crippen LogP contribution in [0.3, 0.4) is 0 Å². The van der Waals surface area contributed by atoms with Crippen LogP contribution in [0.5, 0.6) is 5.75 Å². The number of nitro groups is 1. The van der Waals surface area contributed by atoms with Crippen molar-refractivity contribution in [2.24, 2.45) is 5.73 Å². The molecule has 3 N–H and O–H groups in total. The fourth-order valence-electron chi connectivity index (χ4n) is 4.25. The third-order valence-electron chi connectivity index (χ3n) is 6.24. The topological polar surface area (TPSA) is 168 Å². The van der Waals surface area contributed by atoms with Gasteiger partial charge in [0.1, 0.15) is 33.5 Å². The monoisotopic (exact) mass is 596 g/mol. The van der Waals surface area contributed by atoms with Crippen molar-refractivity contribution in [1.29, 1.82) is 0 Å². The van der Waals surface area contributed by atoms with Crippen molar-refractivity contribution < 1.29 is 32.4 Å². The van der Waals surface area contributed by atoms with Gasteiger partial charge in [0.2, 0.25) is 0 Å². The van der Waals surface area contributed by atoms with E-state index >= 15 is 0 Å². The lowest BCUT2D eigenvalue weighted by Crippen LogP contribution is -2.16. The number of amides is 2. The highest BCUT2D eigenvalue weighted by Crippen LogP contribution is 2.43. The summed E-state index contributed by atoms with van der Waals surface area (Å²) in [6.07, 6.45) is -1.20. The van der Waals surface area contributed by atoms with Gasteiger partial charge in [-0.3, -0.25) is 24.4 Å². The molecule has 42 heavy (non-hydrogen) atoms. The largest absolute Gasteiger partial charge is 0.486 e. The van der Waals surface area contributed by atoms with E-state index in [1.165, 1.54) is 42.5 Å². The molecule has 12 nitrogen and oxygen atoms in total. The Kier molecular flexibility index (Phi) is 7.67. The normalized spacial score (nSPS) is 11.3. The zero-order valence-electron chi connectivity index (χ0n) is 22.1. The van der Waals surface area contributed by atoms with Gasteiger partial charge < -0.3 is 20.2 Å². The Labute approximate surface area is 239 Å². The highest BCUT2D eigenvalue weighted by molar-refractivity contribution is 7.21. The first-order valence-electron chi connectivity index (χ1n) is 12.4. The predicted octanol–water partition coefficient (Wildman–Crippen LogP) is 5.86. The van der Waals surface area contributed by atoms with Gasteiger partial charge in [-0.2, -0.15) is 5.10 Å². The van der Waals surface area contributed by atoms with Crippen LogP contribution in [0, 0.1) is 17.0 Å². The average Bonchev–Trinajstić information content (AvgIpc) is 3.68. The number of ether oxygens (including phenoxy) is 1. The second-order valence-electron chi connectivity index (χ2n) is 8.99. The molecule has 0 unspecified atom stereocenters. The minimum absolute atomic E-state index is 0.0135. The summed E-state index contributed by atoms with van der Waals surface area (Å²) in [4.78, 5) is 40.0. The van der Waals surface area contributed by atoms with Gasteiger partial charge in [0.05, 0.1) is 16.3 Å². The van der Waals surface area contributed by atoms with Crippen molar-refractivity contribution in [3.63, 3.8) is 0 Å². The standard InChI is InChI=1S/C27H22F2N6O6S/c1-3-34-11-18(13(2)33-34)17-10-19(24(28)29)31-27-21(17)22(23(42-27)25(30)36)32-26(37)20-9-8-16(41-20)12-40-15-6-4-14(5-7-15)35(38)39/h4-11,24H,3,12H2,1-2H3,(H2,30,36)(H,32,37). The number of pyridine rings is 1. The molecule has 5 rings (SSSR count). The van der Waals surface area contributed by atoms with Crippen LogP contribution in [0.4, 0.5) is 20.2 Å². The lowest BCUT2D eigenvalue weighted by molar-refractivity contribution is -0.384. The van der Waals surface area contributed by atoms with Gasteiger partial charge in [-0.1, -0.05) is 0 Å². The van der Waals surface area contributed by atoms with E-state index < -0.39 is 28.9 Å². The number of benzene rings is 1. The number of furan rings is 1. The van der Waals surface area contributed by atoms with Gasteiger partial charge in [0.15, 0.2) is 5.76 Å². The molecule has 0 radical (unpaired) electrons. The maximum atomic E-state index is 13.8. The van der Waals surface area contributed by atoms with E-state index in [1.54, 1.807) is 17.8 Å². The maximum Gasteiger partial charge on any atom is 0.291 e. The number of carbonyl (C=O) groups excluding carboxylic acids is 2. The Morgan fingerprint density at radius 2 is 1.95 bits per heavy atom. The summed E-state index contributed by atoms with van der Waals surface area (Å²) in [5, 5.41) is 18.1. The van der Waals surface area contributed by atoms with Crippen LogP contribution in [0.2, 0.25) is 0 Å². The summed E-state index contributed by atoms with van der Waals surface area (Å²) in [5.41, 5.74) is 6.42. The summed E-state index contributed by atoms with van der Waals surface area (Å²) in [6, 6.07) is 9.55. The van der Waals surface area contributed by atoms with Crippen LogP contribution in [0.25, 0.3) is 21.3 Å². The Bertz CT molecular complexity index is 1830. The lowest BCUT2D eigenvalue weighted by Gasteiger charge is -2.10. The van der Waals surface area contributed by atoms with Crippen molar-refractivity contribution in [2.45, 2.75) is 33.4 Å². The molecule has 2 amide bonds. The number of nitrogens with one attached hydrogen (secondary N) is 1. The average molecular weight is 597 g/mol. The van der Waals surface area contributed by atoms with Gasteiger partial charge in [-0.05, 0) is 49.7 Å². The maximum absolute atomic E-state index is 13.8.